The number of aromatic amines is 2. The molecule has 0 amide bonds. The quantitative estimate of drug-likeness (QED) is 0.520. The Hall–Kier alpha value is -2.68. The molecular formula is C21H22ClN5O3. The number of aryl methyl sites for hydroxylation is 1. The van der Waals surface area contributed by atoms with Crippen LogP contribution in [-0.2, 0) is 16.0 Å². The van der Waals surface area contributed by atoms with E-state index in [2.05, 4.69) is 19.9 Å². The number of pyridine rings is 2. The molecule has 156 valence electrons. The standard InChI is InChI=1S/C21H22ClN5O3/c1-11-13(8-24-20-18(11)14(22)9-25-20)12-6-15-19(23-7-12)26-21(28)27(15)10-17-16(29-2)4-3-5-30-17/h6-9,16-17H,3-5,10H2,1-2H3,(H,24,25)(H,23,26,28)/t16-,17-/m0/s1. The first-order chi connectivity index (χ1) is 14.6. The van der Waals surface area contributed by atoms with Gasteiger partial charge in [-0.15, -0.1) is 0 Å². The summed E-state index contributed by atoms with van der Waals surface area (Å²) in [6.07, 6.45) is 6.95. The molecule has 30 heavy (non-hydrogen) atoms. The SMILES string of the molecule is CO[C@H]1CCCO[C@H]1Cn1c(=O)[nH]c2ncc(-c3cnc4[nH]cc(Cl)c4c3C)cc21. The lowest BCUT2D eigenvalue weighted by molar-refractivity contribution is -0.0965. The van der Waals surface area contributed by atoms with Crippen LogP contribution in [0.15, 0.2) is 29.5 Å². The number of hydrogen-bond acceptors (Lipinski definition) is 5. The van der Waals surface area contributed by atoms with Crippen LogP contribution < -0.4 is 5.69 Å². The van der Waals surface area contributed by atoms with Crippen molar-refractivity contribution >= 4 is 33.8 Å². The van der Waals surface area contributed by atoms with E-state index in [0.29, 0.717) is 23.8 Å². The van der Waals surface area contributed by atoms with Gasteiger partial charge in [0.1, 0.15) is 11.8 Å². The molecule has 0 spiro atoms. The number of nitrogens with one attached hydrogen (secondary N) is 2. The molecule has 0 saturated carbocycles. The molecule has 0 unspecified atom stereocenters. The summed E-state index contributed by atoms with van der Waals surface area (Å²) in [5.74, 6) is 0. The van der Waals surface area contributed by atoms with Crippen molar-refractivity contribution < 1.29 is 9.47 Å². The van der Waals surface area contributed by atoms with Crippen LogP contribution in [0.4, 0.5) is 0 Å². The van der Waals surface area contributed by atoms with Crippen LogP contribution in [0, 0.1) is 6.92 Å². The molecule has 2 atom stereocenters. The first kappa shape index (κ1) is 19.3. The van der Waals surface area contributed by atoms with E-state index in [1.807, 2.05) is 13.0 Å². The largest absolute Gasteiger partial charge is 0.379 e. The number of imidazole rings is 1. The Kier molecular flexibility index (Phi) is 4.85. The molecule has 1 aliphatic rings. The average Bonchev–Trinajstić information content (AvgIpc) is 3.28. The van der Waals surface area contributed by atoms with E-state index in [1.54, 1.807) is 30.3 Å². The van der Waals surface area contributed by atoms with Gasteiger partial charge in [-0.3, -0.25) is 9.55 Å². The highest BCUT2D eigenvalue weighted by atomic mass is 35.5. The van der Waals surface area contributed by atoms with Crippen LogP contribution in [0.3, 0.4) is 0 Å². The number of H-pyrrole nitrogens is 2. The van der Waals surface area contributed by atoms with Crippen molar-refractivity contribution in [3.8, 4) is 11.1 Å². The van der Waals surface area contributed by atoms with Gasteiger partial charge in [-0.25, -0.2) is 14.8 Å². The predicted octanol–water partition coefficient (Wildman–Crippen LogP) is 3.42. The summed E-state index contributed by atoms with van der Waals surface area (Å²) in [6, 6.07) is 1.96. The van der Waals surface area contributed by atoms with Gasteiger partial charge < -0.3 is 14.5 Å². The summed E-state index contributed by atoms with van der Waals surface area (Å²) in [6.45, 7) is 3.09. The molecule has 1 aliphatic heterocycles. The predicted molar refractivity (Wildman–Crippen MR) is 115 cm³/mol. The lowest BCUT2D eigenvalue weighted by Gasteiger charge is -2.30. The molecular weight excluding hydrogens is 406 g/mol. The van der Waals surface area contributed by atoms with Crippen LogP contribution in [0.2, 0.25) is 5.02 Å². The Balaban J connectivity index is 1.59. The highest BCUT2D eigenvalue weighted by Crippen LogP contribution is 2.32. The van der Waals surface area contributed by atoms with Crippen molar-refractivity contribution in [1.29, 1.82) is 0 Å². The third-order valence-corrected chi connectivity index (χ3v) is 6.20. The van der Waals surface area contributed by atoms with Crippen LogP contribution in [-0.4, -0.2) is 50.4 Å². The van der Waals surface area contributed by atoms with Gasteiger partial charge in [0.25, 0.3) is 0 Å². The Labute approximate surface area is 177 Å². The van der Waals surface area contributed by atoms with Crippen molar-refractivity contribution in [3.63, 3.8) is 0 Å². The third-order valence-electron chi connectivity index (χ3n) is 5.90. The van der Waals surface area contributed by atoms with Crippen LogP contribution in [0.5, 0.6) is 0 Å². The van der Waals surface area contributed by atoms with E-state index in [1.165, 1.54) is 0 Å². The number of halogens is 1. The van der Waals surface area contributed by atoms with Gasteiger partial charge in [0.15, 0.2) is 5.65 Å². The summed E-state index contributed by atoms with van der Waals surface area (Å²) in [5.41, 5.74) is 4.59. The van der Waals surface area contributed by atoms with E-state index in [0.717, 1.165) is 46.1 Å². The van der Waals surface area contributed by atoms with E-state index in [-0.39, 0.29) is 17.9 Å². The van der Waals surface area contributed by atoms with Crippen LogP contribution in [0.25, 0.3) is 33.3 Å². The summed E-state index contributed by atoms with van der Waals surface area (Å²) in [7, 11) is 1.68. The molecule has 1 saturated heterocycles. The van der Waals surface area contributed by atoms with Crippen molar-refractivity contribution in [3.05, 3.63) is 45.7 Å². The maximum Gasteiger partial charge on any atom is 0.327 e. The zero-order valence-electron chi connectivity index (χ0n) is 16.7. The fraction of sp³-hybridized carbons (Fsp3) is 0.381. The fourth-order valence-corrected chi connectivity index (χ4v) is 4.58. The second-order valence-electron chi connectivity index (χ2n) is 7.62. The molecule has 1 fully saturated rings. The fourth-order valence-electron chi connectivity index (χ4n) is 4.29. The number of hydrogen-bond donors (Lipinski definition) is 2. The smallest absolute Gasteiger partial charge is 0.327 e. The molecule has 9 heteroatoms. The minimum Gasteiger partial charge on any atom is -0.379 e. The number of ether oxygens (including phenoxy) is 2. The average molecular weight is 428 g/mol. The van der Waals surface area contributed by atoms with Gasteiger partial charge in [-0.1, -0.05) is 11.6 Å². The maximum absolute atomic E-state index is 12.6. The Bertz CT molecular complexity index is 1290. The van der Waals surface area contributed by atoms with Crippen LogP contribution in [0.1, 0.15) is 18.4 Å². The number of aromatic nitrogens is 5. The van der Waals surface area contributed by atoms with E-state index >= 15 is 0 Å². The molecule has 4 aromatic rings. The summed E-state index contributed by atoms with van der Waals surface area (Å²) in [4.78, 5) is 27.5. The first-order valence-corrected chi connectivity index (χ1v) is 10.3. The van der Waals surface area contributed by atoms with Gasteiger partial charge >= 0.3 is 5.69 Å². The molecule has 0 bridgehead atoms. The Morgan fingerprint density at radius 1 is 1.33 bits per heavy atom. The molecule has 5 rings (SSSR count). The second kappa shape index (κ2) is 7.54. The first-order valence-electron chi connectivity index (χ1n) is 9.92. The highest BCUT2D eigenvalue weighted by Gasteiger charge is 2.27. The van der Waals surface area contributed by atoms with Crippen molar-refractivity contribution in [2.24, 2.45) is 0 Å². The number of methoxy groups -OCH3 is 1. The van der Waals surface area contributed by atoms with Gasteiger partial charge in [0, 0.05) is 48.8 Å². The minimum absolute atomic E-state index is 0.0312. The molecule has 0 radical (unpaired) electrons. The zero-order chi connectivity index (χ0) is 20.8. The zero-order valence-corrected chi connectivity index (χ0v) is 17.5. The number of fused-ring (bicyclic) bond motifs is 2. The Morgan fingerprint density at radius 3 is 3.00 bits per heavy atom. The van der Waals surface area contributed by atoms with Gasteiger partial charge in [-0.05, 0) is 31.4 Å². The molecule has 0 aliphatic carbocycles. The second-order valence-corrected chi connectivity index (χ2v) is 8.02. The number of nitrogens with zero attached hydrogens (tertiary/aromatic N) is 3. The van der Waals surface area contributed by atoms with Crippen LogP contribution >= 0.6 is 11.6 Å². The van der Waals surface area contributed by atoms with Gasteiger partial charge in [-0.2, -0.15) is 0 Å². The van der Waals surface area contributed by atoms with Crippen molar-refractivity contribution in [2.45, 2.75) is 38.5 Å². The molecule has 8 nitrogen and oxygen atoms in total. The van der Waals surface area contributed by atoms with Crippen molar-refractivity contribution in [2.75, 3.05) is 13.7 Å². The van der Waals surface area contributed by atoms with E-state index in [4.69, 9.17) is 21.1 Å². The topological polar surface area (TPSA) is 97.8 Å². The lowest BCUT2D eigenvalue weighted by atomic mass is 10.0. The van der Waals surface area contributed by atoms with Gasteiger partial charge in [0.2, 0.25) is 0 Å². The summed E-state index contributed by atoms with van der Waals surface area (Å²) in [5, 5.41) is 1.52. The molecule has 0 aromatic carbocycles. The van der Waals surface area contributed by atoms with E-state index < -0.39 is 0 Å². The highest BCUT2D eigenvalue weighted by molar-refractivity contribution is 6.35. The monoisotopic (exact) mass is 427 g/mol. The summed E-state index contributed by atoms with van der Waals surface area (Å²) < 4.78 is 13.1. The minimum atomic E-state index is -0.211. The Morgan fingerprint density at radius 2 is 2.17 bits per heavy atom. The molecule has 5 heterocycles. The normalized spacial score (nSPS) is 19.7. The summed E-state index contributed by atoms with van der Waals surface area (Å²) >= 11 is 6.33. The third kappa shape index (κ3) is 3.12. The molecule has 2 N–H and O–H groups in total. The van der Waals surface area contributed by atoms with Crippen molar-refractivity contribution in [1.82, 2.24) is 24.5 Å². The van der Waals surface area contributed by atoms with Gasteiger partial charge in [0.05, 0.1) is 23.2 Å². The lowest BCUT2D eigenvalue weighted by Crippen LogP contribution is -2.40. The molecule has 4 aromatic heterocycles. The van der Waals surface area contributed by atoms with E-state index in [9.17, 15) is 4.79 Å². The number of rotatable bonds is 4. The maximum atomic E-state index is 12.6.